The van der Waals surface area contributed by atoms with E-state index >= 15 is 0 Å². The van der Waals surface area contributed by atoms with Crippen LogP contribution in [0.3, 0.4) is 0 Å². The number of hydrogen-bond acceptors (Lipinski definition) is 6. The van der Waals surface area contributed by atoms with E-state index in [1.807, 2.05) is 17.8 Å². The number of imidazole rings is 1. The second-order valence-corrected chi connectivity index (χ2v) is 9.66. The van der Waals surface area contributed by atoms with Crippen molar-refractivity contribution in [2.24, 2.45) is 12.5 Å². The number of ether oxygens (including phenoxy) is 1. The molecule has 2 fully saturated rings. The highest BCUT2D eigenvalue weighted by molar-refractivity contribution is 6.00. The van der Waals surface area contributed by atoms with Crippen molar-refractivity contribution in [2.45, 2.75) is 44.4 Å². The number of carbonyl (C=O) groups is 2. The molecular weight excluding hydrogens is 457 g/mol. The quantitative estimate of drug-likeness (QED) is 0.614. The van der Waals surface area contributed by atoms with Crippen LogP contribution in [-0.4, -0.2) is 61.6 Å². The Morgan fingerprint density at radius 1 is 1.24 bits per heavy atom. The van der Waals surface area contributed by atoms with Crippen molar-refractivity contribution in [3.05, 3.63) is 36.0 Å². The lowest BCUT2D eigenvalue weighted by atomic mass is 9.61. The molecule has 182 valence electrons. The van der Waals surface area contributed by atoms with E-state index in [4.69, 9.17) is 9.26 Å². The molecule has 2 aliphatic rings. The third kappa shape index (κ3) is 3.49. The fraction of sp³-hybridized carbons (Fsp3) is 0.524. The summed E-state index contributed by atoms with van der Waals surface area (Å²) in [5.41, 5.74) is -1.07. The number of aromatic nitrogens is 4. The largest absolute Gasteiger partial charge is 0.446 e. The van der Waals surface area contributed by atoms with Crippen molar-refractivity contribution in [3.63, 3.8) is 0 Å². The number of alkyl halides is 3. The lowest BCUT2D eigenvalue weighted by Crippen LogP contribution is -2.65. The lowest BCUT2D eigenvalue weighted by Gasteiger charge is -2.58. The molecule has 1 spiro atoms. The Bertz CT molecular complexity index is 1260. The molecule has 0 radical (unpaired) electrons. The van der Waals surface area contributed by atoms with E-state index in [0.29, 0.717) is 31.5 Å². The van der Waals surface area contributed by atoms with E-state index in [2.05, 4.69) is 15.6 Å². The van der Waals surface area contributed by atoms with Crippen molar-refractivity contribution in [1.82, 2.24) is 24.2 Å². The Hall–Kier alpha value is -3.51. The highest BCUT2D eigenvalue weighted by Crippen LogP contribution is 2.50. The van der Waals surface area contributed by atoms with Crippen LogP contribution < -0.4 is 5.32 Å². The summed E-state index contributed by atoms with van der Waals surface area (Å²) in [4.78, 5) is 26.7. The summed E-state index contributed by atoms with van der Waals surface area (Å²) in [6.07, 6.45) is 0.672. The summed E-state index contributed by atoms with van der Waals surface area (Å²) in [6.45, 7) is 3.06. The molecule has 0 unspecified atom stereocenters. The molecule has 1 saturated carbocycles. The van der Waals surface area contributed by atoms with Crippen molar-refractivity contribution < 1.29 is 32.0 Å². The van der Waals surface area contributed by atoms with Gasteiger partial charge in [-0.2, -0.15) is 18.3 Å². The first kappa shape index (κ1) is 22.3. The summed E-state index contributed by atoms with van der Waals surface area (Å²) < 4.78 is 53.0. The molecule has 1 aliphatic carbocycles. The third-order valence-corrected chi connectivity index (χ3v) is 6.76. The Kier molecular flexibility index (Phi) is 4.75. The number of anilines is 1. The number of hydrogen-bond donors (Lipinski definition) is 1. The molecule has 2 amide bonds. The summed E-state index contributed by atoms with van der Waals surface area (Å²) in [5.74, 6) is -0.656. The fourth-order valence-corrected chi connectivity index (χ4v) is 4.58. The van der Waals surface area contributed by atoms with Gasteiger partial charge in [0.25, 0.3) is 5.91 Å². The van der Waals surface area contributed by atoms with Gasteiger partial charge in [0.15, 0.2) is 11.6 Å². The maximum atomic E-state index is 13.1. The molecule has 1 aliphatic heterocycles. The predicted octanol–water partition coefficient (Wildman–Crippen LogP) is 3.35. The zero-order chi connectivity index (χ0) is 24.5. The molecule has 0 bridgehead atoms. The first-order valence-electron chi connectivity index (χ1n) is 10.7. The van der Waals surface area contributed by atoms with Crippen molar-refractivity contribution >= 4 is 23.5 Å². The molecule has 1 N–H and O–H groups in total. The Morgan fingerprint density at radius 3 is 2.62 bits per heavy atom. The normalized spacial score (nSPS) is 18.1. The molecule has 13 heteroatoms. The van der Waals surface area contributed by atoms with Crippen LogP contribution in [0.25, 0.3) is 5.65 Å². The number of nitrogens with one attached hydrogen (secondary N) is 1. The predicted molar refractivity (Wildman–Crippen MR) is 111 cm³/mol. The highest BCUT2D eigenvalue weighted by atomic mass is 19.4. The number of aryl methyl sites for hydroxylation is 1. The zero-order valence-corrected chi connectivity index (χ0v) is 18.7. The average Bonchev–Trinajstić information content (AvgIpc) is 3.39. The number of halogens is 3. The summed E-state index contributed by atoms with van der Waals surface area (Å²) in [6, 6.07) is 1.03. The van der Waals surface area contributed by atoms with Crippen LogP contribution in [0.1, 0.15) is 42.8 Å². The Morgan fingerprint density at radius 2 is 1.94 bits per heavy atom. The van der Waals surface area contributed by atoms with Crippen LogP contribution in [0, 0.1) is 5.41 Å². The van der Waals surface area contributed by atoms with Crippen LogP contribution in [-0.2, 0) is 17.2 Å². The van der Waals surface area contributed by atoms with Gasteiger partial charge in [0.1, 0.15) is 22.7 Å². The number of rotatable bonds is 4. The van der Waals surface area contributed by atoms with Gasteiger partial charge in [-0.25, -0.2) is 9.31 Å². The maximum absolute atomic E-state index is 13.1. The first-order chi connectivity index (χ1) is 15.9. The van der Waals surface area contributed by atoms with Gasteiger partial charge in [-0.3, -0.25) is 10.1 Å². The molecule has 0 atom stereocenters. The number of nitrogens with zero attached hydrogens (tertiary/aromatic N) is 5. The maximum Gasteiger partial charge on any atom is 0.413 e. The van der Waals surface area contributed by atoms with Crippen molar-refractivity contribution in [1.29, 1.82) is 0 Å². The number of carbonyl (C=O) groups excluding carboxylic acids is 2. The van der Waals surface area contributed by atoms with Gasteiger partial charge in [0, 0.05) is 44.0 Å². The van der Waals surface area contributed by atoms with Gasteiger partial charge < -0.3 is 18.7 Å². The molecule has 3 aromatic heterocycles. The average molecular weight is 480 g/mol. The molecule has 10 nitrogen and oxygen atoms in total. The number of fused-ring (bicyclic) bond motifs is 1. The van der Waals surface area contributed by atoms with E-state index in [9.17, 15) is 22.8 Å². The zero-order valence-electron chi connectivity index (χ0n) is 18.7. The van der Waals surface area contributed by atoms with Crippen LogP contribution in [0.2, 0.25) is 0 Å². The summed E-state index contributed by atoms with van der Waals surface area (Å²) in [7, 11) is 1.85. The molecule has 3 aromatic rings. The summed E-state index contributed by atoms with van der Waals surface area (Å²) >= 11 is 0. The minimum atomic E-state index is -4.53. The number of amides is 2. The minimum Gasteiger partial charge on any atom is -0.446 e. The van der Waals surface area contributed by atoms with E-state index in [1.165, 1.54) is 0 Å². The second-order valence-electron chi connectivity index (χ2n) is 9.66. The molecular formula is C21H23F3N6O4. The number of likely N-dealkylation sites (tertiary alicyclic amines) is 1. The Balaban J connectivity index is 1.11. The Labute approximate surface area is 191 Å². The topological polar surface area (TPSA) is 107 Å². The fourth-order valence-electron chi connectivity index (χ4n) is 4.58. The van der Waals surface area contributed by atoms with Crippen LogP contribution >= 0.6 is 0 Å². The highest BCUT2D eigenvalue weighted by Gasteiger charge is 2.55. The van der Waals surface area contributed by atoms with Crippen molar-refractivity contribution in [2.75, 3.05) is 18.4 Å². The van der Waals surface area contributed by atoms with Gasteiger partial charge >= 0.3 is 12.3 Å². The molecule has 0 aromatic carbocycles. The van der Waals surface area contributed by atoms with Gasteiger partial charge in [0.05, 0.1) is 6.20 Å². The smallest absolute Gasteiger partial charge is 0.413 e. The van der Waals surface area contributed by atoms with Crippen LogP contribution in [0.4, 0.5) is 23.8 Å². The third-order valence-electron chi connectivity index (χ3n) is 6.76. The molecule has 5 rings (SSSR count). The van der Waals surface area contributed by atoms with Crippen LogP contribution in [0.15, 0.2) is 29.2 Å². The van der Waals surface area contributed by atoms with Crippen LogP contribution in [0.5, 0.6) is 0 Å². The molecule has 34 heavy (non-hydrogen) atoms. The monoisotopic (exact) mass is 480 g/mol. The molecule has 4 heterocycles. The summed E-state index contributed by atoms with van der Waals surface area (Å²) in [5, 5.41) is 9.98. The van der Waals surface area contributed by atoms with E-state index < -0.39 is 23.4 Å². The SMILES string of the molecule is Cn1ccn2ncc(C(=O)N3CC4(CC(OC(=O)Nc5cc(C(C)(C)C(F)(F)F)on5)C4)C3)c12. The van der Waals surface area contributed by atoms with Gasteiger partial charge in [-0.05, 0) is 26.7 Å². The van der Waals surface area contributed by atoms with E-state index in [1.54, 1.807) is 21.8 Å². The van der Waals surface area contributed by atoms with Crippen molar-refractivity contribution in [3.8, 4) is 0 Å². The standard InChI is InChI=1S/C21H23F3N6O4/c1-19(2,21(22,23)24)14-6-15(27-34-14)26-18(32)33-12-7-20(8-12)10-29(11-20)17(31)13-9-25-30-5-4-28(3)16(13)30/h4-6,9,12H,7-8,10-11H2,1-3H3,(H,26,27,32). The minimum absolute atomic E-state index is 0.0844. The molecule has 1 saturated heterocycles. The first-order valence-corrected chi connectivity index (χ1v) is 10.7. The van der Waals surface area contributed by atoms with Gasteiger partial charge in [-0.1, -0.05) is 5.16 Å². The van der Waals surface area contributed by atoms with Gasteiger partial charge in [0.2, 0.25) is 0 Å². The van der Waals surface area contributed by atoms with E-state index in [0.717, 1.165) is 25.6 Å². The van der Waals surface area contributed by atoms with Gasteiger partial charge in [-0.15, -0.1) is 0 Å². The van der Waals surface area contributed by atoms with E-state index in [-0.39, 0.29) is 23.2 Å². The lowest BCUT2D eigenvalue weighted by molar-refractivity contribution is -0.185. The second kappa shape index (κ2) is 7.24.